The first-order chi connectivity index (χ1) is 15.3. The van der Waals surface area contributed by atoms with Crippen LogP contribution >= 0.6 is 0 Å². The molecular weight excluding hydrogens is 406 g/mol. The molecule has 172 valence electrons. The number of nitrogens with zero attached hydrogens (tertiary/aromatic N) is 2. The highest BCUT2D eigenvalue weighted by atomic mass is 16.5. The van der Waals surface area contributed by atoms with Crippen LogP contribution in [0.1, 0.15) is 34.6 Å². The summed E-state index contributed by atoms with van der Waals surface area (Å²) in [6, 6.07) is 14.3. The molecule has 1 aliphatic rings. The fourth-order valence-electron chi connectivity index (χ4n) is 3.82. The van der Waals surface area contributed by atoms with Gasteiger partial charge >= 0.3 is 0 Å². The van der Waals surface area contributed by atoms with Gasteiger partial charge in [-0.05, 0) is 44.2 Å². The van der Waals surface area contributed by atoms with Gasteiger partial charge in [0.1, 0.15) is 12.4 Å². The molecule has 2 aromatic carbocycles. The molecule has 3 rings (SSSR count). The number of hydrogen-bond acceptors (Lipinski definition) is 5. The van der Waals surface area contributed by atoms with E-state index in [9.17, 15) is 9.59 Å². The molecule has 1 aliphatic heterocycles. The van der Waals surface area contributed by atoms with Gasteiger partial charge in [-0.2, -0.15) is 0 Å². The number of carbonyl (C=O) groups excluding carboxylic acids is 2. The molecule has 0 bridgehead atoms. The third kappa shape index (κ3) is 5.66. The summed E-state index contributed by atoms with van der Waals surface area (Å²) >= 11 is 0. The van der Waals surface area contributed by atoms with Gasteiger partial charge in [0, 0.05) is 50.6 Å². The lowest BCUT2D eigenvalue weighted by atomic mass is 10.0. The number of benzene rings is 2. The molecule has 0 unspecified atom stereocenters. The number of likely N-dealkylation sites (N-methyl/N-ethyl adjacent to an activating group) is 2. The zero-order valence-corrected chi connectivity index (χ0v) is 19.5. The second-order valence-electron chi connectivity index (χ2n) is 8.57. The lowest BCUT2D eigenvalue weighted by molar-refractivity contribution is 0.0150. The quantitative estimate of drug-likeness (QED) is 0.794. The predicted octanol–water partition coefficient (Wildman–Crippen LogP) is 3.37. The van der Waals surface area contributed by atoms with Crippen molar-refractivity contribution in [2.75, 3.05) is 46.2 Å². The monoisotopic (exact) mass is 439 g/mol. The lowest BCUT2D eigenvalue weighted by Crippen LogP contribution is -2.45. The molecule has 2 amide bonds. The summed E-state index contributed by atoms with van der Waals surface area (Å²) in [7, 11) is 5.52. The van der Waals surface area contributed by atoms with E-state index in [0.717, 1.165) is 6.54 Å². The Morgan fingerprint density at radius 2 is 1.81 bits per heavy atom. The Labute approximate surface area is 190 Å². The molecule has 7 heteroatoms. The molecule has 0 spiro atoms. The number of amides is 2. The van der Waals surface area contributed by atoms with Crippen LogP contribution in [0.3, 0.4) is 0 Å². The van der Waals surface area contributed by atoms with Gasteiger partial charge in [0.25, 0.3) is 11.8 Å². The van der Waals surface area contributed by atoms with Crippen LogP contribution in [0.5, 0.6) is 5.75 Å². The number of hydrogen-bond donors (Lipinski definition) is 1. The Bertz CT molecular complexity index is 934. The largest absolute Gasteiger partial charge is 0.491 e. The van der Waals surface area contributed by atoms with Gasteiger partial charge in [-0.3, -0.25) is 14.5 Å². The highest BCUT2D eigenvalue weighted by Crippen LogP contribution is 2.27. The van der Waals surface area contributed by atoms with Crippen LogP contribution in [-0.2, 0) is 4.74 Å². The van der Waals surface area contributed by atoms with E-state index >= 15 is 0 Å². The molecule has 0 aliphatic carbocycles. The topological polar surface area (TPSA) is 71.1 Å². The van der Waals surface area contributed by atoms with E-state index < -0.39 is 0 Å². The Hall–Kier alpha value is -2.90. The van der Waals surface area contributed by atoms with Crippen molar-refractivity contribution in [2.45, 2.75) is 26.0 Å². The average molecular weight is 440 g/mol. The summed E-state index contributed by atoms with van der Waals surface area (Å²) in [4.78, 5) is 29.7. The fraction of sp³-hybridized carbons (Fsp3) is 0.440. The van der Waals surface area contributed by atoms with Crippen LogP contribution in [0.15, 0.2) is 48.5 Å². The maximum Gasteiger partial charge on any atom is 0.257 e. The number of ether oxygens (including phenoxy) is 2. The normalized spacial score (nSPS) is 22.8. The Balaban J connectivity index is 1.89. The Kier molecular flexibility index (Phi) is 7.88. The molecule has 1 heterocycles. The van der Waals surface area contributed by atoms with Gasteiger partial charge in [0.05, 0.1) is 11.7 Å². The van der Waals surface area contributed by atoms with Crippen LogP contribution < -0.4 is 10.1 Å². The molecule has 7 nitrogen and oxygen atoms in total. The van der Waals surface area contributed by atoms with Crippen LogP contribution in [0.25, 0.3) is 0 Å². The third-order valence-electron chi connectivity index (χ3n) is 6.05. The summed E-state index contributed by atoms with van der Waals surface area (Å²) < 4.78 is 11.8. The fourth-order valence-corrected chi connectivity index (χ4v) is 3.82. The van der Waals surface area contributed by atoms with Gasteiger partial charge < -0.3 is 19.7 Å². The Morgan fingerprint density at radius 1 is 1.09 bits per heavy atom. The second kappa shape index (κ2) is 10.6. The lowest BCUT2D eigenvalue weighted by Gasteiger charge is -2.34. The zero-order chi connectivity index (χ0) is 23.3. The summed E-state index contributed by atoms with van der Waals surface area (Å²) in [5, 5.41) is 2.89. The van der Waals surface area contributed by atoms with Gasteiger partial charge in [-0.1, -0.05) is 25.1 Å². The van der Waals surface area contributed by atoms with Crippen LogP contribution in [0, 0.1) is 5.92 Å². The first-order valence-electron chi connectivity index (χ1n) is 10.9. The second-order valence-corrected chi connectivity index (χ2v) is 8.57. The highest BCUT2D eigenvalue weighted by Gasteiger charge is 2.27. The maximum atomic E-state index is 13.2. The molecule has 32 heavy (non-hydrogen) atoms. The number of methoxy groups -OCH3 is 1. The summed E-state index contributed by atoms with van der Waals surface area (Å²) in [5.74, 6) is 0.344. The first-order valence-corrected chi connectivity index (χ1v) is 10.9. The van der Waals surface area contributed by atoms with Crippen LogP contribution in [0.2, 0.25) is 0 Å². The smallest absolute Gasteiger partial charge is 0.257 e. The summed E-state index contributed by atoms with van der Waals surface area (Å²) in [6.07, 6.45) is -0.0770. The number of carbonyl (C=O) groups is 2. The Morgan fingerprint density at radius 3 is 2.50 bits per heavy atom. The molecule has 3 atom stereocenters. The standard InChI is InChI=1S/C25H33N3O4/c1-17-14-27(3)18(2)16-32-22-13-20(26-24(29)19-9-7-6-8-10-19)11-12-21(22)25(30)28(4)15-23(17)31-5/h6-13,17-18,23H,14-16H2,1-5H3,(H,26,29)/t17-,18-,23-/m1/s1. The molecule has 0 saturated carbocycles. The van der Waals surface area contributed by atoms with E-state index in [2.05, 4.69) is 31.1 Å². The third-order valence-corrected chi connectivity index (χ3v) is 6.05. The van der Waals surface area contributed by atoms with Crippen LogP contribution in [-0.4, -0.2) is 74.7 Å². The van der Waals surface area contributed by atoms with Crippen molar-refractivity contribution in [1.82, 2.24) is 9.80 Å². The summed E-state index contributed by atoms with van der Waals surface area (Å²) in [6.45, 7) is 5.95. The minimum Gasteiger partial charge on any atom is -0.491 e. The van der Waals surface area contributed by atoms with E-state index in [0.29, 0.717) is 35.7 Å². The van der Waals surface area contributed by atoms with Crippen molar-refractivity contribution < 1.29 is 19.1 Å². The van der Waals surface area contributed by atoms with Crippen molar-refractivity contribution in [3.05, 3.63) is 59.7 Å². The zero-order valence-electron chi connectivity index (χ0n) is 19.5. The molecule has 0 radical (unpaired) electrons. The number of anilines is 1. The first kappa shape index (κ1) is 23.8. The van der Waals surface area contributed by atoms with Gasteiger partial charge in [-0.25, -0.2) is 0 Å². The van der Waals surface area contributed by atoms with E-state index in [1.54, 1.807) is 49.4 Å². The van der Waals surface area contributed by atoms with Crippen molar-refractivity contribution in [3.63, 3.8) is 0 Å². The van der Waals surface area contributed by atoms with Crippen molar-refractivity contribution in [2.24, 2.45) is 5.92 Å². The molecule has 2 aromatic rings. The SMILES string of the molecule is CO[C@@H]1CN(C)C(=O)c2ccc(NC(=O)c3ccccc3)cc2OC[C@@H](C)N(C)C[C@H]1C. The van der Waals surface area contributed by atoms with Crippen molar-refractivity contribution >= 4 is 17.5 Å². The minimum absolute atomic E-state index is 0.0770. The number of nitrogens with one attached hydrogen (secondary N) is 1. The van der Waals surface area contributed by atoms with E-state index in [4.69, 9.17) is 9.47 Å². The van der Waals surface area contributed by atoms with E-state index in [1.165, 1.54) is 0 Å². The summed E-state index contributed by atoms with van der Waals surface area (Å²) in [5.41, 5.74) is 1.60. The van der Waals surface area contributed by atoms with Gasteiger partial charge in [0.15, 0.2) is 0 Å². The van der Waals surface area contributed by atoms with E-state index in [-0.39, 0.29) is 29.9 Å². The highest BCUT2D eigenvalue weighted by molar-refractivity contribution is 6.05. The molecular formula is C25H33N3O4. The number of rotatable bonds is 3. The van der Waals surface area contributed by atoms with Crippen molar-refractivity contribution in [1.29, 1.82) is 0 Å². The minimum atomic E-state index is -0.216. The predicted molar refractivity (Wildman–Crippen MR) is 125 cm³/mol. The molecule has 0 fully saturated rings. The van der Waals surface area contributed by atoms with Crippen molar-refractivity contribution in [3.8, 4) is 5.75 Å². The van der Waals surface area contributed by atoms with E-state index in [1.807, 2.05) is 18.2 Å². The maximum absolute atomic E-state index is 13.2. The average Bonchev–Trinajstić information content (AvgIpc) is 2.80. The molecule has 0 aromatic heterocycles. The molecule has 1 N–H and O–H groups in total. The van der Waals surface area contributed by atoms with Crippen LogP contribution in [0.4, 0.5) is 5.69 Å². The number of fused-ring (bicyclic) bond motifs is 1. The molecule has 0 saturated heterocycles. The van der Waals surface area contributed by atoms with Gasteiger partial charge in [-0.15, -0.1) is 0 Å². The van der Waals surface area contributed by atoms with Gasteiger partial charge in [0.2, 0.25) is 0 Å².